The van der Waals surface area contributed by atoms with Crippen LogP contribution in [0.4, 0.5) is 0 Å². The molecule has 2 aromatic carbocycles. The fraction of sp³-hybridized carbons (Fsp3) is 0.296. The number of carboxylic acid groups (broad SMARTS) is 1. The molecule has 7 heteroatoms. The number of carbonyl (C=O) groups excluding carboxylic acids is 2. The molecule has 0 aliphatic rings. The maximum absolute atomic E-state index is 12.7. The smallest absolute Gasteiger partial charge is 0.340 e. The lowest BCUT2D eigenvalue weighted by Gasteiger charge is -2.11. The van der Waals surface area contributed by atoms with Gasteiger partial charge in [-0.3, -0.25) is 4.79 Å². The molecular weight excluding hydrogens is 434 g/mol. The molecule has 0 saturated carbocycles. The molecule has 0 radical (unpaired) electrons. The SMILES string of the molecule is Cc1c(CC(=O)NCCCCCC(=O)[O-])c(=O)oc2c(C)c3occ(-c4ccccc4)c3cc12. The number of furan rings is 1. The third kappa shape index (κ3) is 4.73. The van der Waals surface area contributed by atoms with Crippen molar-refractivity contribution in [1.29, 1.82) is 0 Å². The minimum atomic E-state index is -1.07. The molecule has 176 valence electrons. The molecule has 1 N–H and O–H groups in total. The molecule has 7 nitrogen and oxygen atoms in total. The molecule has 0 fully saturated rings. The van der Waals surface area contributed by atoms with Crippen LogP contribution in [0.1, 0.15) is 42.4 Å². The number of aliphatic carboxylic acids is 1. The van der Waals surface area contributed by atoms with Gasteiger partial charge in [0.2, 0.25) is 5.91 Å². The van der Waals surface area contributed by atoms with Crippen molar-refractivity contribution in [1.82, 2.24) is 5.32 Å². The van der Waals surface area contributed by atoms with E-state index in [0.717, 1.165) is 27.5 Å². The van der Waals surface area contributed by atoms with Crippen LogP contribution in [0.2, 0.25) is 0 Å². The van der Waals surface area contributed by atoms with E-state index in [2.05, 4.69) is 5.32 Å². The van der Waals surface area contributed by atoms with E-state index in [-0.39, 0.29) is 18.7 Å². The number of amides is 1. The Morgan fingerprint density at radius 2 is 1.74 bits per heavy atom. The van der Waals surface area contributed by atoms with Crippen LogP contribution in [0, 0.1) is 13.8 Å². The van der Waals surface area contributed by atoms with Crippen LogP contribution in [0.5, 0.6) is 0 Å². The lowest BCUT2D eigenvalue weighted by Crippen LogP contribution is -2.28. The van der Waals surface area contributed by atoms with Crippen molar-refractivity contribution in [2.45, 2.75) is 46.0 Å². The standard InChI is InChI=1S/C27H27NO6/c1-16-19-13-21-22(18-9-5-3-6-10-18)15-33-25(21)17(2)26(19)34-27(32)20(16)14-23(29)28-12-8-4-7-11-24(30)31/h3,5-6,9-10,13,15H,4,7-8,11-12,14H2,1-2H3,(H,28,29)(H,30,31)/p-1. The van der Waals surface area contributed by atoms with Crippen LogP contribution in [-0.4, -0.2) is 18.4 Å². The van der Waals surface area contributed by atoms with E-state index in [1.54, 1.807) is 6.26 Å². The Morgan fingerprint density at radius 3 is 2.47 bits per heavy atom. The monoisotopic (exact) mass is 460 g/mol. The summed E-state index contributed by atoms with van der Waals surface area (Å²) >= 11 is 0. The summed E-state index contributed by atoms with van der Waals surface area (Å²) in [5, 5.41) is 14.9. The molecule has 2 aromatic heterocycles. The van der Waals surface area contributed by atoms with Crippen LogP contribution < -0.4 is 16.0 Å². The molecule has 0 aliphatic carbocycles. The number of hydrogen-bond acceptors (Lipinski definition) is 6. The molecule has 4 aromatic rings. The van der Waals surface area contributed by atoms with Crippen molar-refractivity contribution < 1.29 is 23.5 Å². The highest BCUT2D eigenvalue weighted by atomic mass is 16.4. The van der Waals surface area contributed by atoms with Gasteiger partial charge in [0, 0.05) is 34.4 Å². The normalized spacial score (nSPS) is 11.2. The van der Waals surface area contributed by atoms with Gasteiger partial charge in [-0.25, -0.2) is 4.79 Å². The van der Waals surface area contributed by atoms with E-state index in [4.69, 9.17) is 8.83 Å². The third-order valence-electron chi connectivity index (χ3n) is 6.14. The summed E-state index contributed by atoms with van der Waals surface area (Å²) in [7, 11) is 0. The number of unbranched alkanes of at least 4 members (excludes halogenated alkanes) is 2. The Hall–Kier alpha value is -3.87. The summed E-state index contributed by atoms with van der Waals surface area (Å²) in [5.41, 5.74) is 4.33. The second-order valence-corrected chi connectivity index (χ2v) is 8.47. The predicted octanol–water partition coefficient (Wildman–Crippen LogP) is 3.79. The van der Waals surface area contributed by atoms with E-state index in [9.17, 15) is 19.5 Å². The fourth-order valence-electron chi connectivity index (χ4n) is 4.26. The molecule has 0 bridgehead atoms. The van der Waals surface area contributed by atoms with Gasteiger partial charge in [0.15, 0.2) is 0 Å². The molecule has 34 heavy (non-hydrogen) atoms. The minimum absolute atomic E-state index is 0.0145. The number of carboxylic acids is 1. The van der Waals surface area contributed by atoms with Crippen molar-refractivity contribution in [2.75, 3.05) is 6.54 Å². The zero-order valence-electron chi connectivity index (χ0n) is 19.2. The van der Waals surface area contributed by atoms with Gasteiger partial charge < -0.3 is 24.1 Å². The largest absolute Gasteiger partial charge is 0.550 e. The van der Waals surface area contributed by atoms with Gasteiger partial charge in [-0.15, -0.1) is 0 Å². The van der Waals surface area contributed by atoms with Crippen LogP contribution in [0.3, 0.4) is 0 Å². The van der Waals surface area contributed by atoms with Gasteiger partial charge in [-0.05, 0) is 50.3 Å². The van der Waals surface area contributed by atoms with E-state index >= 15 is 0 Å². The number of rotatable bonds is 9. The maximum atomic E-state index is 12.7. The van der Waals surface area contributed by atoms with E-state index in [0.29, 0.717) is 48.1 Å². The van der Waals surface area contributed by atoms with Gasteiger partial charge >= 0.3 is 5.63 Å². The fourth-order valence-corrected chi connectivity index (χ4v) is 4.26. The molecule has 0 atom stereocenters. The van der Waals surface area contributed by atoms with Crippen LogP contribution >= 0.6 is 0 Å². The van der Waals surface area contributed by atoms with E-state index < -0.39 is 11.6 Å². The van der Waals surface area contributed by atoms with E-state index in [1.807, 2.05) is 50.2 Å². The minimum Gasteiger partial charge on any atom is -0.550 e. The van der Waals surface area contributed by atoms with Gasteiger partial charge in [-0.2, -0.15) is 0 Å². The summed E-state index contributed by atoms with van der Waals surface area (Å²) < 4.78 is 11.5. The number of fused-ring (bicyclic) bond motifs is 2. The number of benzene rings is 2. The van der Waals surface area contributed by atoms with Crippen molar-refractivity contribution >= 4 is 33.8 Å². The Morgan fingerprint density at radius 1 is 0.971 bits per heavy atom. The average Bonchev–Trinajstić information content (AvgIpc) is 3.24. The molecule has 1 amide bonds. The Bertz CT molecular complexity index is 1410. The predicted molar refractivity (Wildman–Crippen MR) is 127 cm³/mol. The Kier molecular flexibility index (Phi) is 6.82. The topological polar surface area (TPSA) is 113 Å². The van der Waals surface area contributed by atoms with Crippen LogP contribution in [0.15, 0.2) is 56.3 Å². The molecule has 0 aliphatic heterocycles. The number of carbonyl (C=O) groups is 2. The number of nitrogens with one attached hydrogen (secondary N) is 1. The zero-order chi connectivity index (χ0) is 24.2. The van der Waals surface area contributed by atoms with Crippen molar-refractivity contribution in [3.8, 4) is 11.1 Å². The van der Waals surface area contributed by atoms with E-state index in [1.165, 1.54) is 0 Å². The number of hydrogen-bond donors (Lipinski definition) is 1. The second kappa shape index (κ2) is 9.95. The van der Waals surface area contributed by atoms with Crippen molar-refractivity contribution in [2.24, 2.45) is 0 Å². The van der Waals surface area contributed by atoms with Gasteiger partial charge in [0.05, 0.1) is 18.2 Å². The first-order valence-electron chi connectivity index (χ1n) is 11.4. The zero-order valence-corrected chi connectivity index (χ0v) is 19.2. The van der Waals surface area contributed by atoms with Crippen molar-refractivity contribution in [3.63, 3.8) is 0 Å². The number of aryl methyl sites for hydroxylation is 2. The summed E-state index contributed by atoms with van der Waals surface area (Å²) in [5.74, 6) is -1.35. The first-order valence-corrected chi connectivity index (χ1v) is 11.4. The third-order valence-corrected chi connectivity index (χ3v) is 6.14. The summed E-state index contributed by atoms with van der Waals surface area (Å²) in [6.45, 7) is 4.10. The highest BCUT2D eigenvalue weighted by Gasteiger charge is 2.20. The van der Waals surface area contributed by atoms with Crippen molar-refractivity contribution in [3.05, 3.63) is 69.8 Å². The quantitative estimate of drug-likeness (QED) is 0.300. The molecule has 4 rings (SSSR count). The molecule has 0 saturated heterocycles. The lowest BCUT2D eigenvalue weighted by molar-refractivity contribution is -0.305. The Labute approximate surface area is 196 Å². The molecular formula is C27H26NO6-. The average molecular weight is 461 g/mol. The molecule has 0 spiro atoms. The molecule has 0 unspecified atom stereocenters. The second-order valence-electron chi connectivity index (χ2n) is 8.47. The Balaban J connectivity index is 1.60. The van der Waals surface area contributed by atoms with Crippen LogP contribution in [-0.2, 0) is 16.0 Å². The van der Waals surface area contributed by atoms with Gasteiger partial charge in [0.1, 0.15) is 11.2 Å². The van der Waals surface area contributed by atoms with Gasteiger partial charge in [-0.1, -0.05) is 36.8 Å². The highest BCUT2D eigenvalue weighted by molar-refractivity contribution is 6.05. The summed E-state index contributed by atoms with van der Waals surface area (Å²) in [6, 6.07) is 11.9. The highest BCUT2D eigenvalue weighted by Crippen LogP contribution is 2.37. The first kappa shape index (κ1) is 23.3. The summed E-state index contributed by atoms with van der Waals surface area (Å²) in [6.07, 6.45) is 3.48. The first-order chi connectivity index (χ1) is 16.4. The van der Waals surface area contributed by atoms with Gasteiger partial charge in [0.25, 0.3) is 0 Å². The maximum Gasteiger partial charge on any atom is 0.340 e. The summed E-state index contributed by atoms with van der Waals surface area (Å²) in [4.78, 5) is 35.6. The lowest BCUT2D eigenvalue weighted by atomic mass is 9.97. The van der Waals surface area contributed by atoms with Crippen LogP contribution in [0.25, 0.3) is 33.1 Å². The molecule has 2 heterocycles.